The summed E-state index contributed by atoms with van der Waals surface area (Å²) in [5, 5.41) is 4.35. The molecule has 0 radical (unpaired) electrons. The van der Waals surface area contributed by atoms with Crippen LogP contribution in [-0.2, 0) is 0 Å². The molecule has 3 N–H and O–H groups in total. The van der Waals surface area contributed by atoms with Crippen molar-refractivity contribution in [1.82, 2.24) is 19.3 Å². The zero-order valence-electron chi connectivity index (χ0n) is 13.7. The summed E-state index contributed by atoms with van der Waals surface area (Å²) in [7, 11) is -2.59. The maximum atomic E-state index is 9.70. The van der Waals surface area contributed by atoms with Gasteiger partial charge in [0.25, 0.3) is 0 Å². The molecule has 2 aromatic heterocycles. The molecule has 1 aliphatic heterocycles. The summed E-state index contributed by atoms with van der Waals surface area (Å²) in [6, 6.07) is 2.22. The van der Waals surface area contributed by atoms with Gasteiger partial charge in [0.1, 0.15) is 0 Å². The zero-order chi connectivity index (χ0) is 16.6. The summed E-state index contributed by atoms with van der Waals surface area (Å²) >= 11 is 0. The van der Waals surface area contributed by atoms with E-state index in [0.29, 0.717) is 19.0 Å². The molecule has 0 bridgehead atoms. The maximum absolute atomic E-state index is 9.70. The Morgan fingerprint density at radius 3 is 2.61 bits per heavy atom. The van der Waals surface area contributed by atoms with Crippen molar-refractivity contribution < 1.29 is 10.5 Å². The molecule has 1 aliphatic rings. The van der Waals surface area contributed by atoms with Crippen LogP contribution < -0.4 is 5.32 Å². The van der Waals surface area contributed by atoms with Crippen molar-refractivity contribution >= 4 is 27.6 Å². The van der Waals surface area contributed by atoms with Crippen molar-refractivity contribution in [2.75, 3.05) is 24.7 Å². The number of aryl methyl sites for hydroxylation is 2. The second kappa shape index (κ2) is 6.20. The zero-order valence-corrected chi connectivity index (χ0v) is 14.5. The fourth-order valence-electron chi connectivity index (χ4n) is 2.96. The van der Waals surface area contributed by atoms with Gasteiger partial charge in [0, 0.05) is 44.1 Å². The van der Waals surface area contributed by atoms with Crippen LogP contribution in [0.25, 0.3) is 10.9 Å². The fraction of sp³-hybridized carbons (Fsp3) is 0.533. The maximum Gasteiger partial charge on any atom is 0.223 e. The van der Waals surface area contributed by atoms with Crippen molar-refractivity contribution in [3.63, 3.8) is 0 Å². The first-order chi connectivity index (χ1) is 10.8. The number of hydrogen-bond acceptors (Lipinski definition) is 7. The molecule has 7 nitrogen and oxygen atoms in total. The van der Waals surface area contributed by atoms with Crippen molar-refractivity contribution in [3.8, 4) is 0 Å². The van der Waals surface area contributed by atoms with Crippen LogP contribution in [0.1, 0.15) is 25.7 Å². The van der Waals surface area contributed by atoms with Crippen LogP contribution in [0.3, 0.4) is 0 Å². The molecule has 0 aliphatic carbocycles. The molecule has 3 heterocycles. The highest BCUT2D eigenvalue weighted by atomic mass is 32.3. The van der Waals surface area contributed by atoms with E-state index in [9.17, 15) is 9.11 Å². The highest BCUT2D eigenvalue weighted by molar-refractivity contribution is 8.21. The molecule has 0 amide bonds. The number of nitrogens with zero attached hydrogens (tertiary/aromatic N) is 4. The van der Waals surface area contributed by atoms with Gasteiger partial charge in [-0.2, -0.15) is 0 Å². The number of nitrogens with one attached hydrogen (secondary N) is 1. The minimum absolute atomic E-state index is 0. The Morgan fingerprint density at radius 1 is 1.26 bits per heavy atom. The molecular weight excluding hydrogens is 314 g/mol. The van der Waals surface area contributed by atoms with Crippen LogP contribution in [0.4, 0.5) is 5.95 Å². The Kier molecular flexibility index (Phi) is 4.41. The van der Waals surface area contributed by atoms with Gasteiger partial charge in [-0.15, -0.1) is 10.8 Å². The molecule has 2 aromatic rings. The molecule has 8 heteroatoms. The Balaban J connectivity index is 0.00000208. The number of hydrogen-bond donors (Lipinski definition) is 3. The van der Waals surface area contributed by atoms with Crippen LogP contribution in [-0.4, -0.2) is 53.7 Å². The lowest BCUT2D eigenvalue weighted by Gasteiger charge is -2.43. The van der Waals surface area contributed by atoms with Crippen LogP contribution in [0, 0.1) is 13.8 Å². The van der Waals surface area contributed by atoms with Gasteiger partial charge >= 0.3 is 0 Å². The van der Waals surface area contributed by atoms with Crippen LogP contribution in [0.2, 0.25) is 0 Å². The van der Waals surface area contributed by atoms with Gasteiger partial charge < -0.3 is 5.32 Å². The highest BCUT2D eigenvalue weighted by Crippen LogP contribution is 2.40. The van der Waals surface area contributed by atoms with Crippen molar-refractivity contribution in [1.29, 1.82) is 0 Å². The van der Waals surface area contributed by atoms with E-state index in [1.807, 2.05) is 26.1 Å². The van der Waals surface area contributed by atoms with E-state index in [0.717, 1.165) is 35.1 Å². The Bertz CT molecular complexity index is 717. The molecule has 0 atom stereocenters. The van der Waals surface area contributed by atoms with Gasteiger partial charge in [-0.25, -0.2) is 14.3 Å². The largest absolute Gasteiger partial charge is 0.351 e. The molecule has 23 heavy (non-hydrogen) atoms. The lowest BCUT2D eigenvalue weighted by atomic mass is 10.1. The van der Waals surface area contributed by atoms with Gasteiger partial charge in [-0.05, 0) is 32.8 Å². The molecule has 1 saturated heterocycles. The van der Waals surface area contributed by atoms with E-state index in [1.54, 1.807) is 4.31 Å². The summed E-state index contributed by atoms with van der Waals surface area (Å²) in [5.74, 6) is 0.604. The topological polar surface area (TPSA) is 94.4 Å². The molecule has 0 spiro atoms. The predicted molar refractivity (Wildman–Crippen MR) is 95.9 cm³/mol. The number of pyridine rings is 1. The standard InChI is InChI=1S/C15H23N5O2S.H2/c1-10-8-12-9-16-15(19-14(12)11(2)17-10)18-13-4-6-20(7-5-13)23(3,21)22;/h8-9,13,21-22H,4-7H2,1-3H3,(H,16,18,19);1H. The number of aromatic nitrogens is 3. The molecule has 1 fully saturated rings. The number of fused-ring (bicyclic) bond motifs is 1. The Hall–Kier alpha value is -1.48. The number of piperidine rings is 1. The van der Waals surface area contributed by atoms with E-state index in [1.165, 1.54) is 6.26 Å². The summed E-state index contributed by atoms with van der Waals surface area (Å²) in [6.07, 6.45) is 4.96. The number of anilines is 1. The van der Waals surface area contributed by atoms with Gasteiger partial charge in [-0.1, -0.05) is 0 Å². The van der Waals surface area contributed by atoms with Crippen molar-refractivity contribution in [2.24, 2.45) is 0 Å². The van der Waals surface area contributed by atoms with E-state index >= 15 is 0 Å². The molecule has 0 aromatic carbocycles. The van der Waals surface area contributed by atoms with Gasteiger partial charge in [0.05, 0.1) is 11.2 Å². The average Bonchev–Trinajstić information content (AvgIpc) is 2.47. The van der Waals surface area contributed by atoms with Crippen LogP contribution in [0.5, 0.6) is 0 Å². The summed E-state index contributed by atoms with van der Waals surface area (Å²) in [6.45, 7) is 5.23. The quantitative estimate of drug-likeness (QED) is 0.791. The minimum Gasteiger partial charge on any atom is -0.351 e. The molecule has 128 valence electrons. The molecular formula is C15H25N5O2S. The highest BCUT2D eigenvalue weighted by Gasteiger charge is 2.25. The first-order valence-electron chi connectivity index (χ1n) is 7.69. The van der Waals surface area contributed by atoms with Gasteiger partial charge in [0.15, 0.2) is 0 Å². The van der Waals surface area contributed by atoms with Crippen LogP contribution >= 0.6 is 10.8 Å². The first-order valence-corrected chi connectivity index (χ1v) is 9.60. The molecule has 0 saturated carbocycles. The lowest BCUT2D eigenvalue weighted by molar-refractivity contribution is 0.296. The van der Waals surface area contributed by atoms with E-state index in [4.69, 9.17) is 0 Å². The average molecular weight is 339 g/mol. The van der Waals surface area contributed by atoms with E-state index in [-0.39, 0.29) is 7.47 Å². The first kappa shape index (κ1) is 16.4. The lowest BCUT2D eigenvalue weighted by Crippen LogP contribution is -2.40. The third kappa shape index (κ3) is 3.72. The van der Waals surface area contributed by atoms with E-state index in [2.05, 4.69) is 20.3 Å². The fourth-order valence-corrected chi connectivity index (χ4v) is 3.86. The monoisotopic (exact) mass is 339 g/mol. The van der Waals surface area contributed by atoms with Crippen LogP contribution in [0.15, 0.2) is 12.3 Å². The predicted octanol–water partition coefficient (Wildman–Crippen LogP) is 3.06. The third-order valence-corrected chi connectivity index (χ3v) is 5.49. The smallest absolute Gasteiger partial charge is 0.223 e. The summed E-state index contributed by atoms with van der Waals surface area (Å²) < 4.78 is 21.1. The summed E-state index contributed by atoms with van der Waals surface area (Å²) in [4.78, 5) is 13.4. The van der Waals surface area contributed by atoms with Gasteiger partial charge in [-0.3, -0.25) is 14.1 Å². The van der Waals surface area contributed by atoms with E-state index < -0.39 is 10.8 Å². The second-order valence-electron chi connectivity index (χ2n) is 6.12. The number of rotatable bonds is 3. The second-order valence-corrected chi connectivity index (χ2v) is 8.22. The van der Waals surface area contributed by atoms with Gasteiger partial charge in [0.2, 0.25) is 5.95 Å². The minimum atomic E-state index is -2.59. The molecule has 0 unspecified atom stereocenters. The Labute approximate surface area is 139 Å². The SMILES string of the molecule is Cc1cc2cnc(NC3CCN(S(C)(O)O)CC3)nc2c(C)n1.[HH]. The Morgan fingerprint density at radius 2 is 1.96 bits per heavy atom. The normalized spacial score (nSPS) is 18.3. The third-order valence-electron chi connectivity index (χ3n) is 4.14. The summed E-state index contributed by atoms with van der Waals surface area (Å²) in [5.41, 5.74) is 2.73. The molecule has 3 rings (SSSR count). The van der Waals surface area contributed by atoms with Crippen molar-refractivity contribution in [3.05, 3.63) is 23.7 Å². The van der Waals surface area contributed by atoms with Crippen molar-refractivity contribution in [2.45, 2.75) is 32.7 Å².